The molecule has 10 heteroatoms. The zero-order valence-corrected chi connectivity index (χ0v) is 16.5. The number of amides is 1. The molecule has 0 saturated carbocycles. The lowest BCUT2D eigenvalue weighted by Gasteiger charge is -2.14. The molecule has 1 aromatic heterocycles. The Morgan fingerprint density at radius 1 is 1.13 bits per heavy atom. The Bertz CT molecular complexity index is 1210. The number of nitrogens with zero attached hydrogens (tertiary/aromatic N) is 4. The Labute approximate surface area is 181 Å². The SMILES string of the molecule is N#C/C=C/c1cc(F)c(Nc2nc(Nc3ccc(C#N)cc3)ncc2NC=O)c(Cl)c1. The largest absolute Gasteiger partial charge is 0.335 e. The monoisotopic (exact) mass is 433 g/mol. The van der Waals surface area contributed by atoms with Crippen LogP contribution >= 0.6 is 11.6 Å². The van der Waals surface area contributed by atoms with Gasteiger partial charge in [0.05, 0.1) is 34.6 Å². The highest BCUT2D eigenvalue weighted by Crippen LogP contribution is 2.32. The van der Waals surface area contributed by atoms with E-state index >= 15 is 0 Å². The van der Waals surface area contributed by atoms with Crippen LogP contribution in [0.15, 0.2) is 48.7 Å². The molecule has 0 spiro atoms. The van der Waals surface area contributed by atoms with Gasteiger partial charge < -0.3 is 16.0 Å². The molecule has 1 amide bonds. The summed E-state index contributed by atoms with van der Waals surface area (Å²) in [7, 11) is 0. The van der Waals surface area contributed by atoms with Crippen molar-refractivity contribution in [2.75, 3.05) is 16.0 Å². The van der Waals surface area contributed by atoms with Crippen LogP contribution in [0.25, 0.3) is 6.08 Å². The van der Waals surface area contributed by atoms with E-state index in [0.29, 0.717) is 23.2 Å². The first kappa shape index (κ1) is 21.2. The number of benzene rings is 2. The molecule has 2 aromatic carbocycles. The second-order valence-corrected chi connectivity index (χ2v) is 6.39. The maximum Gasteiger partial charge on any atom is 0.229 e. The average Bonchev–Trinajstić information content (AvgIpc) is 2.77. The smallest absolute Gasteiger partial charge is 0.229 e. The Morgan fingerprint density at radius 2 is 1.90 bits per heavy atom. The number of allylic oxidation sites excluding steroid dienone is 1. The minimum Gasteiger partial charge on any atom is -0.335 e. The first-order chi connectivity index (χ1) is 15.0. The van der Waals surface area contributed by atoms with Gasteiger partial charge in [-0.2, -0.15) is 15.5 Å². The number of rotatable bonds is 7. The van der Waals surface area contributed by atoms with Gasteiger partial charge in [-0.3, -0.25) is 4.79 Å². The number of hydrogen-bond donors (Lipinski definition) is 3. The maximum atomic E-state index is 14.6. The number of anilines is 5. The highest BCUT2D eigenvalue weighted by atomic mass is 35.5. The van der Waals surface area contributed by atoms with Crippen molar-refractivity contribution in [1.29, 1.82) is 10.5 Å². The fourth-order valence-corrected chi connectivity index (χ4v) is 2.79. The molecule has 0 fully saturated rings. The molecule has 0 bridgehead atoms. The van der Waals surface area contributed by atoms with Gasteiger partial charge in [0.15, 0.2) is 5.82 Å². The van der Waals surface area contributed by atoms with Gasteiger partial charge in [0.2, 0.25) is 12.4 Å². The van der Waals surface area contributed by atoms with E-state index in [-0.39, 0.29) is 28.2 Å². The van der Waals surface area contributed by atoms with Crippen molar-refractivity contribution in [3.8, 4) is 12.1 Å². The number of carbonyl (C=O) groups excluding carboxylic acids is 1. The normalized spacial score (nSPS) is 10.2. The fraction of sp³-hybridized carbons (Fsp3) is 0. The van der Waals surface area contributed by atoms with Crippen molar-refractivity contribution in [3.63, 3.8) is 0 Å². The molecule has 0 aliphatic rings. The zero-order chi connectivity index (χ0) is 22.2. The quantitative estimate of drug-likeness (QED) is 0.363. The molecular formula is C21H13ClFN7O. The summed E-state index contributed by atoms with van der Waals surface area (Å²) in [6.07, 6.45) is 4.40. The average molecular weight is 434 g/mol. The molecule has 8 nitrogen and oxygen atoms in total. The van der Waals surface area contributed by atoms with E-state index in [1.807, 2.05) is 12.1 Å². The van der Waals surface area contributed by atoms with Gasteiger partial charge in [-0.05, 0) is 48.0 Å². The standard InChI is InChI=1S/C21H13ClFN7O/c22-16-8-14(2-1-7-24)9-17(23)19(16)29-20-18(27-12-31)11-26-21(30-20)28-15-5-3-13(10-25)4-6-15/h1-6,8-9,11-12H,(H,27,31)(H2,26,28,29,30)/b2-1+. The first-order valence-electron chi connectivity index (χ1n) is 8.70. The number of aromatic nitrogens is 2. The molecule has 0 aliphatic heterocycles. The van der Waals surface area contributed by atoms with E-state index in [1.165, 1.54) is 30.5 Å². The van der Waals surface area contributed by atoms with Crippen molar-refractivity contribution in [2.45, 2.75) is 0 Å². The van der Waals surface area contributed by atoms with E-state index in [0.717, 1.165) is 0 Å². The predicted octanol–water partition coefficient (Wildman–Crippen LogP) is 4.73. The van der Waals surface area contributed by atoms with Crippen molar-refractivity contribution >= 4 is 52.9 Å². The molecule has 152 valence electrons. The summed E-state index contributed by atoms with van der Waals surface area (Å²) in [6.45, 7) is 0. The van der Waals surface area contributed by atoms with E-state index < -0.39 is 5.82 Å². The second kappa shape index (κ2) is 9.83. The van der Waals surface area contributed by atoms with E-state index in [9.17, 15) is 9.18 Å². The minimum atomic E-state index is -0.678. The minimum absolute atomic E-state index is 0.0508. The zero-order valence-electron chi connectivity index (χ0n) is 15.7. The Balaban J connectivity index is 1.93. The summed E-state index contributed by atoms with van der Waals surface area (Å²) in [6, 6.07) is 13.1. The highest BCUT2D eigenvalue weighted by Gasteiger charge is 2.14. The number of carbonyl (C=O) groups is 1. The molecule has 1 heterocycles. The third kappa shape index (κ3) is 5.32. The van der Waals surface area contributed by atoms with Gasteiger partial charge in [0, 0.05) is 11.8 Å². The lowest BCUT2D eigenvalue weighted by molar-refractivity contribution is -0.105. The lowest BCUT2D eigenvalue weighted by Crippen LogP contribution is -2.07. The number of nitrogens with one attached hydrogen (secondary N) is 3. The fourth-order valence-electron chi connectivity index (χ4n) is 2.52. The maximum absolute atomic E-state index is 14.6. The van der Waals surface area contributed by atoms with Crippen molar-refractivity contribution in [2.24, 2.45) is 0 Å². The number of halogens is 2. The van der Waals surface area contributed by atoms with Gasteiger partial charge in [0.25, 0.3) is 0 Å². The summed E-state index contributed by atoms with van der Waals surface area (Å²) in [5, 5.41) is 25.7. The van der Waals surface area contributed by atoms with Crippen LogP contribution in [-0.2, 0) is 4.79 Å². The third-order valence-electron chi connectivity index (χ3n) is 3.93. The summed E-state index contributed by atoms with van der Waals surface area (Å²) >= 11 is 6.20. The molecule has 31 heavy (non-hydrogen) atoms. The van der Waals surface area contributed by atoms with Gasteiger partial charge in [-0.1, -0.05) is 11.6 Å². The van der Waals surface area contributed by atoms with Crippen LogP contribution in [0.3, 0.4) is 0 Å². The van der Waals surface area contributed by atoms with E-state index in [4.69, 9.17) is 22.1 Å². The van der Waals surface area contributed by atoms with Gasteiger partial charge in [0.1, 0.15) is 11.5 Å². The first-order valence-corrected chi connectivity index (χ1v) is 9.08. The van der Waals surface area contributed by atoms with Gasteiger partial charge in [-0.25, -0.2) is 9.37 Å². The Hall–Kier alpha value is -4.47. The molecule has 0 radical (unpaired) electrons. The van der Waals surface area contributed by atoms with Crippen molar-refractivity contribution in [3.05, 3.63) is 70.6 Å². The molecule has 0 aliphatic carbocycles. The Morgan fingerprint density at radius 3 is 2.55 bits per heavy atom. The van der Waals surface area contributed by atoms with Crippen LogP contribution in [0.4, 0.5) is 33.2 Å². The molecule has 0 atom stereocenters. The van der Waals surface area contributed by atoms with Crippen molar-refractivity contribution in [1.82, 2.24) is 9.97 Å². The molecule has 3 N–H and O–H groups in total. The van der Waals surface area contributed by atoms with Crippen LogP contribution in [-0.4, -0.2) is 16.4 Å². The van der Waals surface area contributed by atoms with Gasteiger partial charge >= 0.3 is 0 Å². The summed E-state index contributed by atoms with van der Waals surface area (Å²) in [4.78, 5) is 19.3. The van der Waals surface area contributed by atoms with Gasteiger partial charge in [-0.15, -0.1) is 0 Å². The highest BCUT2D eigenvalue weighted by molar-refractivity contribution is 6.33. The predicted molar refractivity (Wildman–Crippen MR) is 115 cm³/mol. The second-order valence-electron chi connectivity index (χ2n) is 5.98. The van der Waals surface area contributed by atoms with Crippen LogP contribution in [0, 0.1) is 28.5 Å². The van der Waals surface area contributed by atoms with Crippen LogP contribution in [0.2, 0.25) is 5.02 Å². The van der Waals surface area contributed by atoms with Crippen LogP contribution in [0.5, 0.6) is 0 Å². The molecule has 0 unspecified atom stereocenters. The Kier molecular flexibility index (Phi) is 6.74. The number of hydrogen-bond acceptors (Lipinski definition) is 7. The molecule has 3 rings (SSSR count). The molecular weight excluding hydrogens is 421 g/mol. The summed E-state index contributed by atoms with van der Waals surface area (Å²) < 4.78 is 14.6. The number of nitriles is 2. The lowest BCUT2D eigenvalue weighted by atomic mass is 10.2. The molecule has 0 saturated heterocycles. The van der Waals surface area contributed by atoms with Crippen molar-refractivity contribution < 1.29 is 9.18 Å². The topological polar surface area (TPSA) is 127 Å². The van der Waals surface area contributed by atoms with Crippen LogP contribution < -0.4 is 16.0 Å². The molecule has 3 aromatic rings. The third-order valence-corrected chi connectivity index (χ3v) is 4.23. The van der Waals surface area contributed by atoms with E-state index in [1.54, 1.807) is 24.3 Å². The van der Waals surface area contributed by atoms with Crippen LogP contribution in [0.1, 0.15) is 11.1 Å². The summed E-state index contributed by atoms with van der Waals surface area (Å²) in [5.41, 5.74) is 1.67. The summed E-state index contributed by atoms with van der Waals surface area (Å²) in [5.74, 6) is -0.421. The van der Waals surface area contributed by atoms with E-state index in [2.05, 4.69) is 25.9 Å².